The van der Waals surface area contributed by atoms with Crippen LogP contribution in [0.5, 0.6) is 0 Å². The Morgan fingerprint density at radius 1 is 1.13 bits per heavy atom. The van der Waals surface area contributed by atoms with E-state index in [9.17, 15) is 0 Å². The minimum atomic E-state index is 0.450. The number of nitrogens with one attached hydrogen (secondary N) is 1. The molecule has 1 saturated carbocycles. The van der Waals surface area contributed by atoms with Crippen LogP contribution >= 0.6 is 0 Å². The van der Waals surface area contributed by atoms with Crippen LogP contribution in [-0.2, 0) is 4.74 Å². The smallest absolute Gasteiger partial charge is 0.0704 e. The molecule has 0 amide bonds. The van der Waals surface area contributed by atoms with E-state index in [4.69, 9.17) is 10.5 Å². The number of hydrogen-bond acceptors (Lipinski definition) is 3. The quantitative estimate of drug-likeness (QED) is 0.743. The first-order valence-corrected chi connectivity index (χ1v) is 6.38. The molecular weight excluding hydrogens is 188 g/mol. The molecule has 2 unspecified atom stereocenters. The Balaban J connectivity index is 1.61. The second-order valence-electron chi connectivity index (χ2n) is 5.17. The van der Waals surface area contributed by atoms with Crippen molar-refractivity contribution in [3.8, 4) is 0 Å². The lowest BCUT2D eigenvalue weighted by Gasteiger charge is -2.27. The summed E-state index contributed by atoms with van der Waals surface area (Å²) in [6.07, 6.45) is 8.21. The maximum atomic E-state index is 5.88. The zero-order chi connectivity index (χ0) is 10.7. The van der Waals surface area contributed by atoms with E-state index >= 15 is 0 Å². The lowest BCUT2D eigenvalue weighted by atomic mass is 9.92. The SMILES string of the molecule is CC1CCC(CNC2CCC(N)CC2)O1. The van der Waals surface area contributed by atoms with Gasteiger partial charge in [0.15, 0.2) is 0 Å². The highest BCUT2D eigenvalue weighted by molar-refractivity contribution is 4.81. The summed E-state index contributed by atoms with van der Waals surface area (Å²) in [7, 11) is 0. The van der Waals surface area contributed by atoms with E-state index in [1.807, 2.05) is 0 Å². The van der Waals surface area contributed by atoms with Gasteiger partial charge in [-0.15, -0.1) is 0 Å². The molecule has 88 valence electrons. The molecule has 2 atom stereocenters. The van der Waals surface area contributed by atoms with Crippen LogP contribution in [0.1, 0.15) is 45.4 Å². The molecule has 1 saturated heterocycles. The van der Waals surface area contributed by atoms with Gasteiger partial charge < -0.3 is 15.8 Å². The average molecular weight is 212 g/mol. The van der Waals surface area contributed by atoms with Gasteiger partial charge in [0.25, 0.3) is 0 Å². The molecule has 1 aliphatic carbocycles. The first-order chi connectivity index (χ1) is 7.24. The van der Waals surface area contributed by atoms with Crippen molar-refractivity contribution in [1.29, 1.82) is 0 Å². The molecule has 0 bridgehead atoms. The van der Waals surface area contributed by atoms with Crippen molar-refractivity contribution < 1.29 is 4.74 Å². The normalized spacial score (nSPS) is 42.0. The molecule has 0 aromatic carbocycles. The number of ether oxygens (including phenoxy) is 1. The van der Waals surface area contributed by atoms with Gasteiger partial charge in [0.2, 0.25) is 0 Å². The summed E-state index contributed by atoms with van der Waals surface area (Å²) in [5.41, 5.74) is 5.88. The standard InChI is InChI=1S/C12H24N2O/c1-9-2-7-12(15-9)8-14-11-5-3-10(13)4-6-11/h9-12,14H,2-8,13H2,1H3. The molecule has 3 N–H and O–H groups in total. The zero-order valence-corrected chi connectivity index (χ0v) is 9.74. The van der Waals surface area contributed by atoms with Crippen LogP contribution < -0.4 is 11.1 Å². The van der Waals surface area contributed by atoms with E-state index in [1.54, 1.807) is 0 Å². The zero-order valence-electron chi connectivity index (χ0n) is 9.74. The van der Waals surface area contributed by atoms with Crippen LogP contribution in [0, 0.1) is 0 Å². The summed E-state index contributed by atoms with van der Waals surface area (Å²) in [5.74, 6) is 0. The molecule has 1 heterocycles. The van der Waals surface area contributed by atoms with Crippen LogP contribution in [0.15, 0.2) is 0 Å². The van der Waals surface area contributed by atoms with Gasteiger partial charge in [0.1, 0.15) is 0 Å². The van der Waals surface area contributed by atoms with Crippen molar-refractivity contribution in [3.05, 3.63) is 0 Å². The minimum absolute atomic E-state index is 0.450. The highest BCUT2D eigenvalue weighted by Gasteiger charge is 2.23. The van der Waals surface area contributed by atoms with E-state index in [0.717, 1.165) is 6.54 Å². The Morgan fingerprint density at radius 3 is 2.47 bits per heavy atom. The van der Waals surface area contributed by atoms with E-state index < -0.39 is 0 Å². The monoisotopic (exact) mass is 212 g/mol. The van der Waals surface area contributed by atoms with Gasteiger partial charge in [-0.1, -0.05) is 0 Å². The Hall–Kier alpha value is -0.120. The van der Waals surface area contributed by atoms with Crippen LogP contribution in [0.25, 0.3) is 0 Å². The predicted octanol–water partition coefficient (Wildman–Crippen LogP) is 1.41. The average Bonchev–Trinajstić information content (AvgIpc) is 2.64. The summed E-state index contributed by atoms with van der Waals surface area (Å²) in [6, 6.07) is 1.13. The van der Waals surface area contributed by atoms with Crippen molar-refractivity contribution >= 4 is 0 Å². The number of nitrogens with two attached hydrogens (primary N) is 1. The maximum Gasteiger partial charge on any atom is 0.0704 e. The summed E-state index contributed by atoms with van der Waals surface area (Å²) >= 11 is 0. The third-order valence-electron chi connectivity index (χ3n) is 3.73. The molecular formula is C12H24N2O. The van der Waals surface area contributed by atoms with E-state index in [1.165, 1.54) is 38.5 Å². The second-order valence-corrected chi connectivity index (χ2v) is 5.17. The summed E-state index contributed by atoms with van der Waals surface area (Å²) in [4.78, 5) is 0. The minimum Gasteiger partial charge on any atom is -0.374 e. The van der Waals surface area contributed by atoms with Gasteiger partial charge >= 0.3 is 0 Å². The first-order valence-electron chi connectivity index (χ1n) is 6.38. The van der Waals surface area contributed by atoms with E-state index in [0.29, 0.717) is 24.3 Å². The van der Waals surface area contributed by atoms with Crippen molar-refractivity contribution in [1.82, 2.24) is 5.32 Å². The molecule has 2 fully saturated rings. The van der Waals surface area contributed by atoms with Crippen LogP contribution in [0.3, 0.4) is 0 Å². The molecule has 2 aliphatic rings. The highest BCUT2D eigenvalue weighted by Crippen LogP contribution is 2.20. The third-order valence-corrected chi connectivity index (χ3v) is 3.73. The molecule has 2 rings (SSSR count). The van der Waals surface area contributed by atoms with Crippen LogP contribution in [-0.4, -0.2) is 30.8 Å². The van der Waals surface area contributed by atoms with E-state index in [2.05, 4.69) is 12.2 Å². The summed E-state index contributed by atoms with van der Waals surface area (Å²) < 4.78 is 5.79. The predicted molar refractivity (Wildman–Crippen MR) is 61.8 cm³/mol. The van der Waals surface area contributed by atoms with Gasteiger partial charge in [-0.2, -0.15) is 0 Å². The molecule has 0 aromatic heterocycles. The summed E-state index contributed by atoms with van der Waals surface area (Å²) in [6.45, 7) is 3.20. The topological polar surface area (TPSA) is 47.3 Å². The fourth-order valence-electron chi connectivity index (χ4n) is 2.66. The Kier molecular flexibility index (Phi) is 4.00. The number of hydrogen-bond donors (Lipinski definition) is 2. The molecule has 1 aliphatic heterocycles. The Labute approximate surface area is 92.7 Å². The van der Waals surface area contributed by atoms with Gasteiger partial charge in [0.05, 0.1) is 12.2 Å². The molecule has 3 heteroatoms. The van der Waals surface area contributed by atoms with Gasteiger partial charge in [-0.05, 0) is 45.4 Å². The van der Waals surface area contributed by atoms with Crippen molar-refractivity contribution in [2.24, 2.45) is 5.73 Å². The first kappa shape index (κ1) is 11.4. The molecule has 0 spiro atoms. The van der Waals surface area contributed by atoms with E-state index in [-0.39, 0.29) is 0 Å². The number of rotatable bonds is 3. The maximum absolute atomic E-state index is 5.88. The van der Waals surface area contributed by atoms with Crippen molar-refractivity contribution in [2.45, 2.75) is 69.7 Å². The van der Waals surface area contributed by atoms with Crippen molar-refractivity contribution in [2.75, 3.05) is 6.54 Å². The largest absolute Gasteiger partial charge is 0.374 e. The van der Waals surface area contributed by atoms with Gasteiger partial charge in [0, 0.05) is 18.6 Å². The molecule has 15 heavy (non-hydrogen) atoms. The molecule has 0 aromatic rings. The fraction of sp³-hybridized carbons (Fsp3) is 1.00. The lowest BCUT2D eigenvalue weighted by molar-refractivity contribution is 0.0533. The summed E-state index contributed by atoms with van der Waals surface area (Å²) in [5, 5.41) is 3.62. The molecule has 3 nitrogen and oxygen atoms in total. The second kappa shape index (κ2) is 5.28. The van der Waals surface area contributed by atoms with Gasteiger partial charge in [-0.3, -0.25) is 0 Å². The Morgan fingerprint density at radius 2 is 1.87 bits per heavy atom. The van der Waals surface area contributed by atoms with Crippen molar-refractivity contribution in [3.63, 3.8) is 0 Å². The lowest BCUT2D eigenvalue weighted by Crippen LogP contribution is -2.40. The van der Waals surface area contributed by atoms with Gasteiger partial charge in [-0.25, -0.2) is 0 Å². The van der Waals surface area contributed by atoms with Crippen LogP contribution in [0.4, 0.5) is 0 Å². The fourth-order valence-corrected chi connectivity index (χ4v) is 2.66. The third kappa shape index (κ3) is 3.44. The van der Waals surface area contributed by atoms with Crippen LogP contribution in [0.2, 0.25) is 0 Å². The Bertz CT molecular complexity index is 190. The highest BCUT2D eigenvalue weighted by atomic mass is 16.5. The molecule has 0 radical (unpaired) electrons.